The molecule has 18 atom stereocenters. The van der Waals surface area contributed by atoms with E-state index in [1.807, 2.05) is 5.32 Å². The maximum atomic E-state index is 14.4. The van der Waals surface area contributed by atoms with Crippen LogP contribution >= 0.6 is 12.6 Å². The van der Waals surface area contributed by atoms with E-state index < -0.39 is 296 Å². The van der Waals surface area contributed by atoms with Gasteiger partial charge in [0.2, 0.25) is 100 Å². The number of unbranched alkanes of at least 4 members (excludes halogenated alkanes) is 1. The van der Waals surface area contributed by atoms with Crippen LogP contribution in [0.25, 0.3) is 0 Å². The maximum Gasteiger partial charge on any atom is 0.327 e. The third-order valence-corrected chi connectivity index (χ3v) is 18.1. The number of nitrogens with one attached hydrogen (secondary N) is 13. The minimum Gasteiger partial charge on any atom is -0.481 e. The summed E-state index contributed by atoms with van der Waals surface area (Å²) in [6.45, 7) is 10.2. The highest BCUT2D eigenvalue weighted by atomic mass is 32.1. The molecule has 29 N–H and O–H groups in total. The summed E-state index contributed by atoms with van der Waals surface area (Å²) in [5.41, 5.74) is 27.7. The van der Waals surface area contributed by atoms with E-state index in [1.54, 1.807) is 13.8 Å². The number of aliphatic hydroxyl groups excluding tert-OH is 2. The van der Waals surface area contributed by atoms with Crippen LogP contribution in [-0.2, 0) is 101 Å². The van der Waals surface area contributed by atoms with Crippen molar-refractivity contribution in [2.45, 2.75) is 242 Å². The monoisotopic (exact) mass is 1630 g/mol. The van der Waals surface area contributed by atoms with Gasteiger partial charge in [-0.05, 0) is 70.3 Å². The van der Waals surface area contributed by atoms with Crippen LogP contribution in [0, 0.1) is 17.8 Å². The Bertz CT molecular complexity index is 3440. The Kier molecular flexibility index (Phi) is 43.8. The summed E-state index contributed by atoms with van der Waals surface area (Å²) in [6.07, 6.45) is -9.31. The molecule has 46 nitrogen and oxygen atoms in total. The van der Waals surface area contributed by atoms with Gasteiger partial charge in [0.1, 0.15) is 78.5 Å². The fraction of sp³-hybridized carbons (Fsp3) is 0.682. The predicted octanol–water partition coefficient (Wildman–Crippen LogP) is -10.7. The van der Waals surface area contributed by atoms with E-state index in [2.05, 4.69) is 76.4 Å². The van der Waals surface area contributed by atoms with Gasteiger partial charge in [0.15, 0.2) is 0 Å². The van der Waals surface area contributed by atoms with E-state index in [4.69, 9.17) is 28.7 Å². The molecule has 0 aliphatic carbocycles. The molecular weight excluding hydrogens is 1520 g/mol. The van der Waals surface area contributed by atoms with Crippen molar-refractivity contribution in [2.24, 2.45) is 46.4 Å². The molecule has 1 fully saturated rings. The molecule has 1 rings (SSSR count). The normalized spacial score (nSPS) is 17.0. The van der Waals surface area contributed by atoms with Crippen molar-refractivity contribution in [1.82, 2.24) is 74.0 Å². The van der Waals surface area contributed by atoms with Gasteiger partial charge in [0.25, 0.3) is 0 Å². The highest BCUT2D eigenvalue weighted by Gasteiger charge is 2.44. The van der Waals surface area contributed by atoms with Gasteiger partial charge in [-0.2, -0.15) is 12.6 Å². The van der Waals surface area contributed by atoms with Crippen LogP contribution in [0.15, 0.2) is 0 Å². The molecule has 0 unspecified atom stereocenters. The number of amides is 17. The summed E-state index contributed by atoms with van der Waals surface area (Å²) in [6, 6.07) is -25.5. The van der Waals surface area contributed by atoms with Crippen molar-refractivity contribution in [3.8, 4) is 0 Å². The summed E-state index contributed by atoms with van der Waals surface area (Å²) in [4.78, 5) is 279. The number of carbonyl (C=O) groups is 21. The first-order valence-corrected chi connectivity index (χ1v) is 36.7. The zero-order chi connectivity index (χ0) is 86.6. The number of aliphatic hydroxyl groups is 2. The molecule has 1 aliphatic rings. The van der Waals surface area contributed by atoms with Gasteiger partial charge in [0, 0.05) is 18.7 Å². The number of nitrogens with zero attached hydrogens (tertiary/aromatic N) is 1. The van der Waals surface area contributed by atoms with Crippen molar-refractivity contribution >= 4 is 137 Å². The van der Waals surface area contributed by atoms with Crippen molar-refractivity contribution in [3.63, 3.8) is 0 Å². The molecule has 1 aliphatic heterocycles. The first kappa shape index (κ1) is 100. The SMILES string of the molecule is CC[C@H](C)[C@H](NC(=O)CNC(=O)[C@@H](N)CCCCN)C(=O)N[C@@H](CCC(=O)O)C(=O)N[C@H](C(=O)N[C@@H](CC(=O)O)C(=O)N[C@H](C(=O)N[C@@H](CC(=O)O)C(=O)N[C@@H](CC(N)=O)C(=O)N1CCC[C@H]1C(=O)N[C@@H](CC(N)=O)C(=O)N[C@@H](CC(N)=O)C(=O)N[C@H](C(=O)N[C@H](C(=O)N[C@@H](CS)C(=O)O)[C@@H](C)O)[C@@H](C)CC)C(C)C)[C@@H](C)O. The highest BCUT2D eigenvalue weighted by Crippen LogP contribution is 2.21. The zero-order valence-corrected chi connectivity index (χ0v) is 64.6. The number of hydrogen-bond acceptors (Lipinski definition) is 26. The maximum absolute atomic E-state index is 14.4. The molecule has 47 heteroatoms. The van der Waals surface area contributed by atoms with Crippen molar-refractivity contribution < 1.29 is 131 Å². The Morgan fingerprint density at radius 2 is 0.805 bits per heavy atom. The molecule has 636 valence electrons. The number of carboxylic acid groups (broad SMARTS) is 4. The van der Waals surface area contributed by atoms with Gasteiger partial charge >= 0.3 is 23.9 Å². The lowest BCUT2D eigenvalue weighted by molar-refractivity contribution is -0.145. The third-order valence-electron chi connectivity index (χ3n) is 17.7. The van der Waals surface area contributed by atoms with Crippen LogP contribution in [0.2, 0.25) is 0 Å². The molecule has 0 aromatic rings. The average molecular weight is 1630 g/mol. The molecule has 0 aromatic carbocycles. The summed E-state index contributed by atoms with van der Waals surface area (Å²) < 4.78 is 0. The Hall–Kier alpha value is -10.9. The Labute approximate surface area is 653 Å². The quantitative estimate of drug-likeness (QED) is 0.0199. The number of hydrogen-bond donors (Lipinski definition) is 25. The molecular formula is C66H109N19O27S. The number of thiol groups is 1. The van der Waals surface area contributed by atoms with Crippen molar-refractivity contribution in [3.05, 3.63) is 0 Å². The average Bonchev–Trinajstić information content (AvgIpc) is 1.73. The van der Waals surface area contributed by atoms with Gasteiger partial charge in [-0.25, -0.2) is 4.79 Å². The molecule has 0 spiro atoms. The molecule has 1 heterocycles. The van der Waals surface area contributed by atoms with Crippen LogP contribution in [-0.4, -0.2) is 282 Å². The van der Waals surface area contributed by atoms with E-state index in [0.29, 0.717) is 19.4 Å². The van der Waals surface area contributed by atoms with Gasteiger partial charge in [-0.3, -0.25) is 95.9 Å². The molecule has 0 saturated carbocycles. The lowest BCUT2D eigenvalue weighted by Gasteiger charge is -2.31. The Morgan fingerprint density at radius 1 is 0.434 bits per heavy atom. The largest absolute Gasteiger partial charge is 0.481 e. The van der Waals surface area contributed by atoms with E-state index in [1.165, 1.54) is 27.7 Å². The van der Waals surface area contributed by atoms with Gasteiger partial charge in [-0.15, -0.1) is 0 Å². The van der Waals surface area contributed by atoms with Crippen LogP contribution in [0.3, 0.4) is 0 Å². The molecule has 0 radical (unpaired) electrons. The topological polar surface area (TPSA) is 770 Å². The third kappa shape index (κ3) is 35.1. The van der Waals surface area contributed by atoms with E-state index in [0.717, 1.165) is 18.7 Å². The van der Waals surface area contributed by atoms with Gasteiger partial charge < -0.3 is 133 Å². The van der Waals surface area contributed by atoms with E-state index in [-0.39, 0.29) is 38.6 Å². The lowest BCUT2D eigenvalue weighted by atomic mass is 9.96. The number of likely N-dealkylation sites (tertiary alicyclic amines) is 1. The van der Waals surface area contributed by atoms with Crippen molar-refractivity contribution in [2.75, 3.05) is 25.4 Å². The highest BCUT2D eigenvalue weighted by molar-refractivity contribution is 7.80. The number of aliphatic carboxylic acids is 4. The number of carbonyl (C=O) groups excluding carboxylic acids is 17. The number of rotatable bonds is 53. The fourth-order valence-corrected chi connectivity index (χ4v) is 11.2. The minimum absolute atomic E-state index is 0.0171. The molecule has 0 aromatic heterocycles. The molecule has 0 bridgehead atoms. The molecule has 1 saturated heterocycles. The molecule has 113 heavy (non-hydrogen) atoms. The number of carboxylic acids is 4. The van der Waals surface area contributed by atoms with Gasteiger partial charge in [0.05, 0.1) is 56.9 Å². The standard InChI is InChI=1S/C66H109N19O27S/c1-9-28(5)49(80-44(91)25-72-53(98)32(68)14-11-12-18-67)61(106)73-33(16-17-45(92)93)54(99)83-51(30(7)86)63(108)77-37(24-47(96)97)58(103)81-48(27(3)4)60(105)76-36(23-46(94)95)56(101)78-38(22-43(71)90)65(110)85-19-13-15-40(85)59(104)75-34(20-41(69)88)55(100)74-35(21-42(70)89)57(102)82-50(29(6)10-2)62(107)84-52(31(8)87)64(109)79-39(26-113)66(111)112/h27-40,48-52,86-87,113H,9-26,67-68H2,1-8H3,(H2,69,88)(H2,70,89)(H2,71,90)(H,72,98)(H,73,106)(H,74,100)(H,75,104)(H,76,105)(H,77,108)(H,78,101)(H,79,109)(H,80,91)(H,81,103)(H,82,102)(H,83,99)(H,84,107)(H,92,93)(H,94,95)(H,96,97)(H,111,112)/t28-,29-,30+,31+,32-,33-,34-,35-,36-,37-,38-,39-,40-,48-,49-,50-,51-,52-/m0/s1. The smallest absolute Gasteiger partial charge is 0.327 e. The second-order valence-corrected chi connectivity index (χ2v) is 27.7. The van der Waals surface area contributed by atoms with Crippen LogP contribution in [0.5, 0.6) is 0 Å². The van der Waals surface area contributed by atoms with Crippen LogP contribution < -0.4 is 97.8 Å². The van der Waals surface area contributed by atoms with Crippen molar-refractivity contribution in [1.29, 1.82) is 0 Å². The second-order valence-electron chi connectivity index (χ2n) is 27.4. The summed E-state index contributed by atoms with van der Waals surface area (Å²) in [7, 11) is 0. The van der Waals surface area contributed by atoms with E-state index >= 15 is 0 Å². The second kappa shape index (κ2) is 49.4. The van der Waals surface area contributed by atoms with E-state index in [9.17, 15) is 131 Å². The summed E-state index contributed by atoms with van der Waals surface area (Å²) >= 11 is 3.87. The summed E-state index contributed by atoms with van der Waals surface area (Å²) in [5.74, 6) is -30.5. The number of nitrogens with two attached hydrogens (primary N) is 5. The molecule has 17 amide bonds. The Balaban J connectivity index is 3.57. The predicted molar refractivity (Wildman–Crippen MR) is 393 cm³/mol. The lowest BCUT2D eigenvalue weighted by Crippen LogP contribution is -2.63. The minimum atomic E-state index is -2.24. The first-order chi connectivity index (χ1) is 52.7. The first-order valence-electron chi connectivity index (χ1n) is 36.0. The summed E-state index contributed by atoms with van der Waals surface area (Å²) in [5, 5.41) is 88.6. The van der Waals surface area contributed by atoms with Crippen LogP contribution in [0.1, 0.15) is 145 Å². The fourth-order valence-electron chi connectivity index (χ4n) is 11.0. The number of primary amides is 3. The van der Waals surface area contributed by atoms with Crippen LogP contribution in [0.4, 0.5) is 0 Å². The van der Waals surface area contributed by atoms with Gasteiger partial charge in [-0.1, -0.05) is 60.8 Å². The Morgan fingerprint density at radius 3 is 1.24 bits per heavy atom. The zero-order valence-electron chi connectivity index (χ0n) is 63.7.